The van der Waals surface area contributed by atoms with Crippen LogP contribution in [-0.4, -0.2) is 51.7 Å². The fraction of sp³-hybridized carbons (Fsp3) is 0.316. The highest BCUT2D eigenvalue weighted by Gasteiger charge is 2.33. The Kier molecular flexibility index (Phi) is 5.90. The van der Waals surface area contributed by atoms with E-state index in [1.54, 1.807) is 29.2 Å². The molecule has 1 saturated heterocycles. The van der Waals surface area contributed by atoms with E-state index in [1.165, 1.54) is 4.40 Å². The van der Waals surface area contributed by atoms with Crippen LogP contribution in [0.15, 0.2) is 47.8 Å². The van der Waals surface area contributed by atoms with Gasteiger partial charge in [0.1, 0.15) is 5.25 Å². The van der Waals surface area contributed by atoms with Gasteiger partial charge in [0.05, 0.1) is 23.8 Å². The van der Waals surface area contributed by atoms with E-state index in [0.717, 1.165) is 24.0 Å². The van der Waals surface area contributed by atoms with E-state index in [-0.39, 0.29) is 21.7 Å². The number of carbonyl (C=O) groups excluding carboxylic acids is 1. The minimum atomic E-state index is -4.58. The minimum absolute atomic E-state index is 0.0952. The number of morpholine rings is 1. The van der Waals surface area contributed by atoms with Gasteiger partial charge in [0, 0.05) is 19.3 Å². The van der Waals surface area contributed by atoms with Crippen LogP contribution in [0.25, 0.3) is 5.65 Å². The molecular formula is C19H16ClF3N4O2S. The van der Waals surface area contributed by atoms with Crippen LogP contribution < -0.4 is 0 Å². The molecule has 1 aliphatic rings. The Labute approximate surface area is 179 Å². The van der Waals surface area contributed by atoms with E-state index in [0.29, 0.717) is 31.9 Å². The van der Waals surface area contributed by atoms with Crippen LogP contribution in [0.2, 0.25) is 5.02 Å². The number of thioether (sulfide) groups is 1. The zero-order valence-electron chi connectivity index (χ0n) is 15.5. The van der Waals surface area contributed by atoms with E-state index >= 15 is 0 Å². The predicted molar refractivity (Wildman–Crippen MR) is 105 cm³/mol. The Morgan fingerprint density at radius 3 is 2.53 bits per heavy atom. The molecule has 1 amide bonds. The molecule has 6 nitrogen and oxygen atoms in total. The van der Waals surface area contributed by atoms with Crippen molar-refractivity contribution in [2.45, 2.75) is 16.6 Å². The van der Waals surface area contributed by atoms with Gasteiger partial charge < -0.3 is 9.64 Å². The summed E-state index contributed by atoms with van der Waals surface area (Å²) in [6.45, 7) is 1.79. The lowest BCUT2D eigenvalue weighted by atomic mass is 10.1. The molecule has 2 aromatic heterocycles. The van der Waals surface area contributed by atoms with Crippen molar-refractivity contribution in [2.24, 2.45) is 0 Å². The van der Waals surface area contributed by atoms with Gasteiger partial charge in [-0.3, -0.25) is 9.20 Å². The molecule has 30 heavy (non-hydrogen) atoms. The average molecular weight is 457 g/mol. The largest absolute Gasteiger partial charge is 0.417 e. The normalized spacial score (nSPS) is 16.1. The van der Waals surface area contributed by atoms with Crippen LogP contribution in [0.4, 0.5) is 13.2 Å². The number of alkyl halides is 3. The predicted octanol–water partition coefficient (Wildman–Crippen LogP) is 4.09. The van der Waals surface area contributed by atoms with E-state index in [4.69, 9.17) is 16.3 Å². The second-order valence-corrected chi connectivity index (χ2v) is 8.08. The quantitative estimate of drug-likeness (QED) is 0.553. The van der Waals surface area contributed by atoms with Crippen molar-refractivity contribution < 1.29 is 22.7 Å². The molecule has 0 aliphatic carbocycles. The van der Waals surface area contributed by atoms with Crippen molar-refractivity contribution in [3.05, 3.63) is 58.7 Å². The molecular weight excluding hydrogens is 441 g/mol. The van der Waals surface area contributed by atoms with Gasteiger partial charge in [0.15, 0.2) is 10.8 Å². The molecule has 3 heterocycles. The maximum atomic E-state index is 13.2. The zero-order chi connectivity index (χ0) is 21.3. The van der Waals surface area contributed by atoms with Crippen LogP contribution in [-0.2, 0) is 15.7 Å². The smallest absolute Gasteiger partial charge is 0.378 e. The van der Waals surface area contributed by atoms with Crippen molar-refractivity contribution in [2.75, 3.05) is 26.3 Å². The zero-order valence-corrected chi connectivity index (χ0v) is 17.0. The summed E-state index contributed by atoms with van der Waals surface area (Å²) in [6, 6.07) is 9.84. The third-order valence-corrected chi connectivity index (χ3v) is 6.11. The number of halogens is 4. The maximum Gasteiger partial charge on any atom is 0.417 e. The Balaban J connectivity index is 1.73. The van der Waals surface area contributed by atoms with Gasteiger partial charge in [-0.1, -0.05) is 53.7 Å². The van der Waals surface area contributed by atoms with Crippen LogP contribution in [0.5, 0.6) is 0 Å². The highest BCUT2D eigenvalue weighted by Crippen LogP contribution is 2.38. The van der Waals surface area contributed by atoms with Gasteiger partial charge in [0.25, 0.3) is 0 Å². The molecule has 0 spiro atoms. The first-order chi connectivity index (χ1) is 14.3. The molecule has 3 aromatic rings. The Morgan fingerprint density at radius 2 is 1.87 bits per heavy atom. The number of benzene rings is 1. The number of amides is 1. The number of carbonyl (C=O) groups is 1. The van der Waals surface area contributed by atoms with Crippen LogP contribution in [0, 0.1) is 0 Å². The Hall–Kier alpha value is -2.30. The van der Waals surface area contributed by atoms with Crippen molar-refractivity contribution in [1.29, 1.82) is 0 Å². The molecule has 158 valence electrons. The summed E-state index contributed by atoms with van der Waals surface area (Å²) in [5.74, 6) is -0.163. The van der Waals surface area contributed by atoms with Crippen LogP contribution >= 0.6 is 23.4 Å². The first kappa shape index (κ1) is 21.0. The van der Waals surface area contributed by atoms with Crippen molar-refractivity contribution >= 4 is 34.9 Å². The molecule has 0 radical (unpaired) electrons. The third-order valence-electron chi connectivity index (χ3n) is 4.63. The minimum Gasteiger partial charge on any atom is -0.378 e. The lowest BCUT2D eigenvalue weighted by Crippen LogP contribution is -2.42. The van der Waals surface area contributed by atoms with E-state index in [2.05, 4.69) is 10.2 Å². The van der Waals surface area contributed by atoms with Crippen molar-refractivity contribution in [3.8, 4) is 0 Å². The summed E-state index contributed by atoms with van der Waals surface area (Å²) in [5.41, 5.74) is -0.107. The SMILES string of the molecule is O=C(C(Sc1nnc2c(Cl)cc(C(F)(F)F)cn12)c1ccccc1)N1CCOCC1. The van der Waals surface area contributed by atoms with Gasteiger partial charge in [0.2, 0.25) is 5.91 Å². The number of nitrogens with zero attached hydrogens (tertiary/aromatic N) is 4. The first-order valence-corrected chi connectivity index (χ1v) is 10.3. The molecule has 4 rings (SSSR count). The number of aromatic nitrogens is 3. The van der Waals surface area contributed by atoms with Crippen molar-refractivity contribution in [3.63, 3.8) is 0 Å². The molecule has 0 saturated carbocycles. The third kappa shape index (κ3) is 4.26. The van der Waals surface area contributed by atoms with Gasteiger partial charge in [-0.25, -0.2) is 0 Å². The molecule has 0 bridgehead atoms. The number of pyridine rings is 1. The van der Waals surface area contributed by atoms with E-state index in [1.807, 2.05) is 6.07 Å². The molecule has 1 fully saturated rings. The lowest BCUT2D eigenvalue weighted by molar-refractivity contribution is -0.138. The molecule has 1 unspecified atom stereocenters. The maximum absolute atomic E-state index is 13.2. The molecule has 11 heteroatoms. The van der Waals surface area contributed by atoms with Crippen molar-refractivity contribution in [1.82, 2.24) is 19.5 Å². The van der Waals surface area contributed by atoms with Crippen LogP contribution in [0.1, 0.15) is 16.4 Å². The van der Waals surface area contributed by atoms with E-state index < -0.39 is 17.0 Å². The van der Waals surface area contributed by atoms with E-state index in [9.17, 15) is 18.0 Å². The topological polar surface area (TPSA) is 59.7 Å². The van der Waals surface area contributed by atoms with Gasteiger partial charge in [-0.2, -0.15) is 13.2 Å². The lowest BCUT2D eigenvalue weighted by Gasteiger charge is -2.30. The summed E-state index contributed by atoms with van der Waals surface area (Å²) < 4.78 is 46.2. The summed E-state index contributed by atoms with van der Waals surface area (Å²) in [7, 11) is 0. The van der Waals surface area contributed by atoms with Gasteiger partial charge in [-0.15, -0.1) is 10.2 Å². The highest BCUT2D eigenvalue weighted by atomic mass is 35.5. The Bertz CT molecular complexity index is 1060. The fourth-order valence-corrected chi connectivity index (χ4v) is 4.45. The summed E-state index contributed by atoms with van der Waals surface area (Å²) in [6.07, 6.45) is -3.68. The number of hydrogen-bond acceptors (Lipinski definition) is 5. The molecule has 1 aliphatic heterocycles. The second kappa shape index (κ2) is 8.44. The highest BCUT2D eigenvalue weighted by molar-refractivity contribution is 8.00. The number of fused-ring (bicyclic) bond motifs is 1. The number of ether oxygens (including phenoxy) is 1. The average Bonchev–Trinajstić information content (AvgIpc) is 3.15. The Morgan fingerprint density at radius 1 is 1.17 bits per heavy atom. The number of hydrogen-bond donors (Lipinski definition) is 0. The first-order valence-electron chi connectivity index (χ1n) is 9.04. The second-order valence-electron chi connectivity index (χ2n) is 6.60. The summed E-state index contributed by atoms with van der Waals surface area (Å²) >= 11 is 7.04. The molecule has 1 aromatic carbocycles. The molecule has 0 N–H and O–H groups in total. The van der Waals surface area contributed by atoms with Gasteiger partial charge in [-0.05, 0) is 11.6 Å². The summed E-state index contributed by atoms with van der Waals surface area (Å²) in [4.78, 5) is 14.9. The fourth-order valence-electron chi connectivity index (χ4n) is 3.11. The standard InChI is InChI=1S/C19H16ClF3N4O2S/c20-14-10-13(19(21,22)23)11-27-16(14)24-25-18(27)30-15(12-4-2-1-3-5-12)17(28)26-6-8-29-9-7-26/h1-5,10-11,15H,6-9H2. The monoisotopic (exact) mass is 456 g/mol. The summed E-state index contributed by atoms with van der Waals surface area (Å²) in [5, 5.41) is 7.19. The molecule has 1 atom stereocenters. The number of rotatable bonds is 4. The van der Waals surface area contributed by atoms with Crippen LogP contribution in [0.3, 0.4) is 0 Å². The van der Waals surface area contributed by atoms with Gasteiger partial charge >= 0.3 is 6.18 Å².